The summed E-state index contributed by atoms with van der Waals surface area (Å²) >= 11 is 3.31. The van der Waals surface area contributed by atoms with Crippen molar-refractivity contribution in [3.63, 3.8) is 0 Å². The van der Waals surface area contributed by atoms with Crippen molar-refractivity contribution < 1.29 is 27.4 Å². The molecule has 0 amide bonds. The van der Waals surface area contributed by atoms with Crippen LogP contribution in [0.25, 0.3) is 0 Å². The Kier molecular flexibility index (Phi) is 8.02. The van der Waals surface area contributed by atoms with Crippen LogP contribution in [0.15, 0.2) is 22.7 Å². The van der Waals surface area contributed by atoms with E-state index in [0.717, 1.165) is 5.56 Å². The van der Waals surface area contributed by atoms with E-state index in [1.807, 2.05) is 12.1 Å². The van der Waals surface area contributed by atoms with Crippen molar-refractivity contribution in [2.75, 3.05) is 33.7 Å². The molecule has 120 valence electrons. The zero-order chi connectivity index (χ0) is 15.7. The largest absolute Gasteiger partial charge is 0.466 e. The Morgan fingerprint density at radius 2 is 2.05 bits per heavy atom. The summed E-state index contributed by atoms with van der Waals surface area (Å²) < 4.78 is 51.2. The second kappa shape index (κ2) is 9.24. The Morgan fingerprint density at radius 1 is 1.29 bits per heavy atom. The molecule has 0 heterocycles. The number of alkyl halides is 3. The van der Waals surface area contributed by atoms with E-state index < -0.39 is 19.6 Å². The third-order valence-electron chi connectivity index (χ3n) is 2.40. The summed E-state index contributed by atoms with van der Waals surface area (Å²) in [5, 5.41) is 3.14. The van der Waals surface area contributed by atoms with Gasteiger partial charge in [0.2, 0.25) is 0 Å². The second-order valence-corrected chi connectivity index (χ2v) is 4.98. The van der Waals surface area contributed by atoms with Crippen molar-refractivity contribution >= 4 is 15.9 Å². The molecule has 21 heavy (non-hydrogen) atoms. The standard InChI is InChI=1S/C13H17BrF3NO3/c1-19-6-5-18-7-10-3-2-4-11(14)12(10)21-9-20-8-13(15,16)17/h2-4,18H,5-9H2,1H3. The summed E-state index contributed by atoms with van der Waals surface area (Å²) in [6.45, 7) is -0.0601. The Morgan fingerprint density at radius 3 is 2.71 bits per heavy atom. The fourth-order valence-electron chi connectivity index (χ4n) is 1.51. The minimum absolute atomic E-state index is 0.463. The third kappa shape index (κ3) is 7.66. The van der Waals surface area contributed by atoms with E-state index in [1.165, 1.54) is 0 Å². The van der Waals surface area contributed by atoms with Crippen LogP contribution < -0.4 is 10.1 Å². The molecule has 0 aliphatic carbocycles. The molecule has 0 bridgehead atoms. The molecule has 0 aromatic heterocycles. The summed E-state index contributed by atoms with van der Waals surface area (Å²) in [5.41, 5.74) is 0.816. The van der Waals surface area contributed by atoms with Crippen LogP contribution in [0.1, 0.15) is 5.56 Å². The van der Waals surface area contributed by atoms with Crippen LogP contribution in [-0.4, -0.2) is 39.8 Å². The molecule has 0 saturated heterocycles. The van der Waals surface area contributed by atoms with E-state index in [9.17, 15) is 13.2 Å². The van der Waals surface area contributed by atoms with Crippen LogP contribution in [0.4, 0.5) is 13.2 Å². The highest BCUT2D eigenvalue weighted by molar-refractivity contribution is 9.10. The fraction of sp³-hybridized carbons (Fsp3) is 0.538. The molecule has 0 saturated carbocycles. The van der Waals surface area contributed by atoms with Gasteiger partial charge in [0.25, 0.3) is 0 Å². The summed E-state index contributed by atoms with van der Waals surface area (Å²) in [4.78, 5) is 0. The highest BCUT2D eigenvalue weighted by Gasteiger charge is 2.27. The topological polar surface area (TPSA) is 39.7 Å². The van der Waals surface area contributed by atoms with Gasteiger partial charge in [0.05, 0.1) is 11.1 Å². The number of rotatable bonds is 9. The summed E-state index contributed by atoms with van der Waals surface area (Å²) in [6.07, 6.45) is -4.36. The van der Waals surface area contributed by atoms with Gasteiger partial charge in [-0.15, -0.1) is 0 Å². The van der Waals surface area contributed by atoms with Crippen molar-refractivity contribution in [2.45, 2.75) is 12.7 Å². The molecule has 8 heteroatoms. The summed E-state index contributed by atoms with van der Waals surface area (Å²) in [7, 11) is 1.60. The summed E-state index contributed by atoms with van der Waals surface area (Å²) in [5.74, 6) is 0.463. The minimum atomic E-state index is -4.36. The van der Waals surface area contributed by atoms with Crippen LogP contribution in [0, 0.1) is 0 Å². The number of ether oxygens (including phenoxy) is 3. The van der Waals surface area contributed by atoms with Gasteiger partial charge in [-0.2, -0.15) is 13.2 Å². The lowest BCUT2D eigenvalue weighted by Crippen LogP contribution is -2.21. The van der Waals surface area contributed by atoms with Crippen LogP contribution >= 0.6 is 15.9 Å². The first-order valence-corrected chi connectivity index (χ1v) is 6.97. The van der Waals surface area contributed by atoms with Crippen molar-refractivity contribution in [1.29, 1.82) is 0 Å². The molecule has 1 aromatic carbocycles. The molecule has 1 N–H and O–H groups in total. The lowest BCUT2D eigenvalue weighted by molar-refractivity contribution is -0.186. The molecule has 0 radical (unpaired) electrons. The van der Waals surface area contributed by atoms with E-state index in [1.54, 1.807) is 13.2 Å². The second-order valence-electron chi connectivity index (χ2n) is 4.12. The molecule has 0 aliphatic rings. The Bertz CT molecular complexity index is 430. The molecule has 1 rings (SSSR count). The van der Waals surface area contributed by atoms with Gasteiger partial charge in [-0.05, 0) is 22.0 Å². The van der Waals surface area contributed by atoms with Crippen LogP contribution in [0.3, 0.4) is 0 Å². The molecule has 0 fully saturated rings. The number of hydrogen-bond donors (Lipinski definition) is 1. The van der Waals surface area contributed by atoms with E-state index >= 15 is 0 Å². The monoisotopic (exact) mass is 371 g/mol. The van der Waals surface area contributed by atoms with Gasteiger partial charge in [0.1, 0.15) is 12.4 Å². The van der Waals surface area contributed by atoms with E-state index in [0.29, 0.717) is 29.9 Å². The molecule has 0 spiro atoms. The summed E-state index contributed by atoms with van der Waals surface area (Å²) in [6, 6.07) is 5.39. The number of benzene rings is 1. The van der Waals surface area contributed by atoms with Crippen LogP contribution in [0.2, 0.25) is 0 Å². The Hall–Kier alpha value is -0.830. The van der Waals surface area contributed by atoms with Gasteiger partial charge >= 0.3 is 6.18 Å². The molecular weight excluding hydrogens is 355 g/mol. The predicted molar refractivity (Wildman–Crippen MR) is 75.2 cm³/mol. The third-order valence-corrected chi connectivity index (χ3v) is 3.02. The smallest absolute Gasteiger partial charge is 0.411 e. The van der Waals surface area contributed by atoms with Gasteiger partial charge < -0.3 is 19.5 Å². The molecule has 0 atom stereocenters. The lowest BCUT2D eigenvalue weighted by Gasteiger charge is -2.14. The fourth-order valence-corrected chi connectivity index (χ4v) is 2.03. The lowest BCUT2D eigenvalue weighted by atomic mass is 10.2. The number of hydrogen-bond acceptors (Lipinski definition) is 4. The number of nitrogens with one attached hydrogen (secondary N) is 1. The van der Waals surface area contributed by atoms with Gasteiger partial charge in [-0.3, -0.25) is 0 Å². The highest BCUT2D eigenvalue weighted by Crippen LogP contribution is 2.29. The maximum absolute atomic E-state index is 12.0. The van der Waals surface area contributed by atoms with Crippen molar-refractivity contribution in [2.24, 2.45) is 0 Å². The normalized spacial score (nSPS) is 11.7. The zero-order valence-corrected chi connectivity index (χ0v) is 13.1. The molecule has 0 aliphatic heterocycles. The van der Waals surface area contributed by atoms with Crippen molar-refractivity contribution in [1.82, 2.24) is 5.32 Å². The molecule has 0 unspecified atom stereocenters. The number of methoxy groups -OCH3 is 1. The minimum Gasteiger partial charge on any atom is -0.466 e. The number of para-hydroxylation sites is 1. The van der Waals surface area contributed by atoms with Gasteiger partial charge in [-0.1, -0.05) is 12.1 Å². The van der Waals surface area contributed by atoms with E-state index in [-0.39, 0.29) is 0 Å². The first-order chi connectivity index (χ1) is 9.94. The van der Waals surface area contributed by atoms with Crippen molar-refractivity contribution in [3.8, 4) is 5.75 Å². The van der Waals surface area contributed by atoms with Gasteiger partial charge in [0, 0.05) is 25.8 Å². The molecular formula is C13H17BrF3NO3. The van der Waals surface area contributed by atoms with E-state index in [2.05, 4.69) is 26.0 Å². The maximum Gasteiger partial charge on any atom is 0.411 e. The number of halogens is 4. The zero-order valence-electron chi connectivity index (χ0n) is 11.5. The van der Waals surface area contributed by atoms with Crippen LogP contribution in [-0.2, 0) is 16.0 Å². The Balaban J connectivity index is 2.51. The van der Waals surface area contributed by atoms with Gasteiger partial charge in [-0.25, -0.2) is 0 Å². The first-order valence-electron chi connectivity index (χ1n) is 6.18. The van der Waals surface area contributed by atoms with Gasteiger partial charge in [0.15, 0.2) is 6.79 Å². The molecule has 1 aromatic rings. The maximum atomic E-state index is 12.0. The molecule has 4 nitrogen and oxygen atoms in total. The highest BCUT2D eigenvalue weighted by atomic mass is 79.9. The van der Waals surface area contributed by atoms with Crippen molar-refractivity contribution in [3.05, 3.63) is 28.2 Å². The van der Waals surface area contributed by atoms with Crippen LogP contribution in [0.5, 0.6) is 5.75 Å². The predicted octanol–water partition coefficient (Wildman–Crippen LogP) is 3.10. The Labute approximate surface area is 129 Å². The van der Waals surface area contributed by atoms with E-state index in [4.69, 9.17) is 9.47 Å². The average Bonchev–Trinajstić information content (AvgIpc) is 2.40. The quantitative estimate of drug-likeness (QED) is 0.534. The SMILES string of the molecule is COCCNCc1cccc(Br)c1OCOCC(F)(F)F. The first kappa shape index (κ1) is 18.2. The average molecular weight is 372 g/mol.